The van der Waals surface area contributed by atoms with Crippen LogP contribution >= 0.6 is 0 Å². The normalized spacial score (nSPS) is 18.2. The Morgan fingerprint density at radius 3 is 2.53 bits per heavy atom. The minimum absolute atomic E-state index is 0.0275. The summed E-state index contributed by atoms with van der Waals surface area (Å²) in [6.45, 7) is 4.09. The Labute approximate surface area is 89.0 Å². The smallest absolute Gasteiger partial charge is 0.323 e. The van der Waals surface area contributed by atoms with Gasteiger partial charge < -0.3 is 14.9 Å². The number of carbonyl (C=O) groups excluding carboxylic acids is 1. The molecule has 1 N–H and O–H groups in total. The Bertz CT molecular complexity index is 323. The first kappa shape index (κ1) is 11.6. The SMILES string of the molecule is CC1=C(C)N(C)C(=O)CCN1CC(=O)O. The van der Waals surface area contributed by atoms with Crippen molar-refractivity contribution in [1.82, 2.24) is 9.80 Å². The summed E-state index contributed by atoms with van der Waals surface area (Å²) < 4.78 is 0. The minimum Gasteiger partial charge on any atom is -0.480 e. The van der Waals surface area contributed by atoms with Crippen LogP contribution in [0.1, 0.15) is 20.3 Å². The highest BCUT2D eigenvalue weighted by Crippen LogP contribution is 2.17. The van der Waals surface area contributed by atoms with E-state index in [1.165, 1.54) is 0 Å². The summed E-state index contributed by atoms with van der Waals surface area (Å²) in [7, 11) is 1.71. The van der Waals surface area contributed by atoms with Gasteiger partial charge in [0.1, 0.15) is 6.54 Å². The molecule has 15 heavy (non-hydrogen) atoms. The lowest BCUT2D eigenvalue weighted by Gasteiger charge is -2.23. The number of carbonyl (C=O) groups is 2. The zero-order valence-electron chi connectivity index (χ0n) is 9.28. The first-order valence-corrected chi connectivity index (χ1v) is 4.84. The summed E-state index contributed by atoms with van der Waals surface area (Å²) in [5.74, 6) is -0.848. The van der Waals surface area contributed by atoms with Crippen LogP contribution in [0.2, 0.25) is 0 Å². The van der Waals surface area contributed by atoms with Crippen LogP contribution in [0.4, 0.5) is 0 Å². The third-order valence-corrected chi connectivity index (χ3v) is 2.80. The van der Waals surface area contributed by atoms with Crippen molar-refractivity contribution in [1.29, 1.82) is 0 Å². The van der Waals surface area contributed by atoms with Gasteiger partial charge in [-0.25, -0.2) is 0 Å². The Balaban J connectivity index is 2.92. The van der Waals surface area contributed by atoms with Crippen molar-refractivity contribution in [2.45, 2.75) is 20.3 Å². The van der Waals surface area contributed by atoms with Crippen molar-refractivity contribution in [2.24, 2.45) is 0 Å². The van der Waals surface area contributed by atoms with E-state index in [9.17, 15) is 9.59 Å². The second-order valence-corrected chi connectivity index (χ2v) is 3.69. The highest BCUT2D eigenvalue weighted by molar-refractivity contribution is 5.78. The van der Waals surface area contributed by atoms with Crippen LogP contribution in [-0.4, -0.2) is 46.9 Å². The molecule has 0 unspecified atom stereocenters. The number of rotatable bonds is 2. The molecule has 0 bridgehead atoms. The summed E-state index contributed by atoms with van der Waals surface area (Å²) in [4.78, 5) is 25.5. The van der Waals surface area contributed by atoms with Gasteiger partial charge in [-0.1, -0.05) is 0 Å². The molecule has 84 valence electrons. The zero-order valence-corrected chi connectivity index (χ0v) is 9.28. The molecule has 0 spiro atoms. The fourth-order valence-electron chi connectivity index (χ4n) is 1.59. The monoisotopic (exact) mass is 212 g/mol. The minimum atomic E-state index is -0.876. The molecule has 1 amide bonds. The van der Waals surface area contributed by atoms with Gasteiger partial charge in [0.15, 0.2) is 0 Å². The maximum atomic E-state index is 11.5. The van der Waals surface area contributed by atoms with Crippen molar-refractivity contribution < 1.29 is 14.7 Å². The third-order valence-electron chi connectivity index (χ3n) is 2.80. The average Bonchev–Trinajstić information content (AvgIpc) is 2.25. The molecular weight excluding hydrogens is 196 g/mol. The van der Waals surface area contributed by atoms with Gasteiger partial charge in [0.25, 0.3) is 0 Å². The first-order valence-electron chi connectivity index (χ1n) is 4.84. The Hall–Kier alpha value is -1.52. The van der Waals surface area contributed by atoms with Gasteiger partial charge in [-0.2, -0.15) is 0 Å². The average molecular weight is 212 g/mol. The maximum Gasteiger partial charge on any atom is 0.323 e. The van der Waals surface area contributed by atoms with Crippen LogP contribution in [0.15, 0.2) is 11.4 Å². The van der Waals surface area contributed by atoms with Crippen molar-refractivity contribution in [3.8, 4) is 0 Å². The van der Waals surface area contributed by atoms with Crippen molar-refractivity contribution in [2.75, 3.05) is 20.1 Å². The number of carboxylic acid groups (broad SMARTS) is 1. The summed E-state index contributed by atoms with van der Waals surface area (Å²) in [6.07, 6.45) is 0.360. The summed E-state index contributed by atoms with van der Waals surface area (Å²) in [6, 6.07) is 0. The Morgan fingerprint density at radius 2 is 2.00 bits per heavy atom. The molecule has 0 aliphatic carbocycles. The fraction of sp³-hybridized carbons (Fsp3) is 0.600. The van der Waals surface area contributed by atoms with E-state index in [2.05, 4.69) is 0 Å². The number of hydrogen-bond donors (Lipinski definition) is 1. The van der Waals surface area contributed by atoms with E-state index in [1.807, 2.05) is 13.8 Å². The largest absolute Gasteiger partial charge is 0.480 e. The van der Waals surface area contributed by atoms with E-state index < -0.39 is 5.97 Å². The quantitative estimate of drug-likeness (QED) is 0.723. The molecule has 1 aliphatic heterocycles. The highest BCUT2D eigenvalue weighted by atomic mass is 16.4. The Morgan fingerprint density at radius 1 is 1.40 bits per heavy atom. The Kier molecular flexibility index (Phi) is 3.34. The molecule has 0 saturated heterocycles. The number of allylic oxidation sites excluding steroid dienone is 2. The third kappa shape index (κ3) is 2.49. The molecule has 0 fully saturated rings. The molecule has 1 aliphatic rings. The van der Waals surface area contributed by atoms with Gasteiger partial charge in [0.05, 0.1) is 0 Å². The lowest BCUT2D eigenvalue weighted by Crippen LogP contribution is -2.29. The van der Waals surface area contributed by atoms with Gasteiger partial charge in [-0.15, -0.1) is 0 Å². The fourth-order valence-corrected chi connectivity index (χ4v) is 1.59. The molecule has 0 aromatic carbocycles. The van der Waals surface area contributed by atoms with E-state index in [0.29, 0.717) is 13.0 Å². The molecule has 0 radical (unpaired) electrons. The summed E-state index contributed by atoms with van der Waals surface area (Å²) >= 11 is 0. The summed E-state index contributed by atoms with van der Waals surface area (Å²) in [5, 5.41) is 8.73. The van der Waals surface area contributed by atoms with Gasteiger partial charge >= 0.3 is 5.97 Å². The number of carboxylic acids is 1. The van der Waals surface area contributed by atoms with Crippen LogP contribution in [0.5, 0.6) is 0 Å². The zero-order chi connectivity index (χ0) is 11.6. The van der Waals surface area contributed by atoms with Crippen molar-refractivity contribution >= 4 is 11.9 Å². The molecule has 0 atom stereocenters. The predicted molar refractivity (Wildman–Crippen MR) is 55.0 cm³/mol. The van der Waals surface area contributed by atoms with Crippen LogP contribution in [0, 0.1) is 0 Å². The molecule has 5 nitrogen and oxygen atoms in total. The van der Waals surface area contributed by atoms with E-state index in [0.717, 1.165) is 11.4 Å². The molecule has 0 aromatic heterocycles. The second kappa shape index (κ2) is 4.33. The number of nitrogens with zero attached hydrogens (tertiary/aromatic N) is 2. The number of amides is 1. The van der Waals surface area contributed by atoms with Gasteiger partial charge in [0.2, 0.25) is 5.91 Å². The lowest BCUT2D eigenvalue weighted by molar-refractivity contribution is -0.138. The molecule has 0 saturated carbocycles. The molecule has 1 rings (SSSR count). The van der Waals surface area contributed by atoms with E-state index in [1.54, 1.807) is 16.8 Å². The second-order valence-electron chi connectivity index (χ2n) is 3.69. The van der Waals surface area contributed by atoms with Crippen LogP contribution in [0.25, 0.3) is 0 Å². The number of hydrogen-bond acceptors (Lipinski definition) is 3. The molecule has 1 heterocycles. The standard InChI is InChI=1S/C10H16N2O3/c1-7-8(2)12(6-10(14)15)5-4-9(13)11(7)3/h4-6H2,1-3H3,(H,14,15). The van der Waals surface area contributed by atoms with Crippen LogP contribution in [-0.2, 0) is 9.59 Å². The van der Waals surface area contributed by atoms with Crippen LogP contribution in [0.3, 0.4) is 0 Å². The van der Waals surface area contributed by atoms with Crippen molar-refractivity contribution in [3.63, 3.8) is 0 Å². The number of aliphatic carboxylic acids is 1. The van der Waals surface area contributed by atoms with E-state index in [-0.39, 0.29) is 12.5 Å². The van der Waals surface area contributed by atoms with Crippen molar-refractivity contribution in [3.05, 3.63) is 11.4 Å². The van der Waals surface area contributed by atoms with Gasteiger partial charge in [-0.3, -0.25) is 9.59 Å². The molecular formula is C10H16N2O3. The van der Waals surface area contributed by atoms with E-state index >= 15 is 0 Å². The first-order chi connectivity index (χ1) is 6.93. The molecule has 5 heteroatoms. The van der Waals surface area contributed by atoms with Gasteiger partial charge in [-0.05, 0) is 13.8 Å². The maximum absolute atomic E-state index is 11.5. The highest BCUT2D eigenvalue weighted by Gasteiger charge is 2.22. The predicted octanol–water partition coefficient (Wildman–Crippen LogP) is 0.487. The van der Waals surface area contributed by atoms with Crippen LogP contribution < -0.4 is 0 Å². The topological polar surface area (TPSA) is 60.9 Å². The lowest BCUT2D eigenvalue weighted by atomic mass is 10.3. The van der Waals surface area contributed by atoms with Gasteiger partial charge in [0, 0.05) is 31.4 Å². The molecule has 0 aromatic rings. The van der Waals surface area contributed by atoms with E-state index in [4.69, 9.17) is 5.11 Å². The summed E-state index contributed by atoms with van der Waals surface area (Å²) in [5.41, 5.74) is 1.67.